The molecule has 9 aromatic carbocycles. The lowest BCUT2D eigenvalue weighted by Gasteiger charge is -2.10. The van der Waals surface area contributed by atoms with Crippen molar-refractivity contribution in [3.63, 3.8) is 0 Å². The fourth-order valence-electron chi connectivity index (χ4n) is 9.19. The van der Waals surface area contributed by atoms with Gasteiger partial charge in [0.05, 0.1) is 22.1 Å². The number of hydrogen-bond acceptors (Lipinski definition) is 2. The zero-order valence-corrected chi connectivity index (χ0v) is 30.5. The van der Waals surface area contributed by atoms with Crippen molar-refractivity contribution in [3.8, 4) is 11.4 Å². The summed E-state index contributed by atoms with van der Waals surface area (Å²) >= 11 is 3.82. The maximum Gasteiger partial charge on any atom is 0.0541 e. The Morgan fingerprint density at radius 2 is 0.611 bits per heavy atom. The van der Waals surface area contributed by atoms with E-state index in [1.807, 2.05) is 22.7 Å². The van der Waals surface area contributed by atoms with Crippen molar-refractivity contribution in [3.05, 3.63) is 170 Å². The molecule has 0 spiro atoms. The number of benzene rings is 9. The molecule has 4 heterocycles. The summed E-state index contributed by atoms with van der Waals surface area (Å²) in [5.41, 5.74) is 7.35. The molecule has 13 rings (SSSR count). The fraction of sp³-hybridized carbons (Fsp3) is 0. The smallest absolute Gasteiger partial charge is 0.0541 e. The highest BCUT2D eigenvalue weighted by Gasteiger charge is 2.16. The van der Waals surface area contributed by atoms with Crippen molar-refractivity contribution in [1.82, 2.24) is 9.13 Å². The molecule has 0 saturated carbocycles. The molecule has 4 heteroatoms. The van der Waals surface area contributed by atoms with E-state index in [2.05, 4.69) is 179 Å². The molecule has 0 saturated heterocycles. The summed E-state index contributed by atoms with van der Waals surface area (Å²) in [5.74, 6) is 0. The monoisotopic (exact) mass is 720 g/mol. The van der Waals surface area contributed by atoms with Gasteiger partial charge < -0.3 is 9.13 Å². The lowest BCUT2D eigenvalue weighted by molar-refractivity contribution is 1.19. The minimum absolute atomic E-state index is 1.20. The fourth-order valence-corrected chi connectivity index (χ4v) is 11.6. The molecule has 250 valence electrons. The summed E-state index contributed by atoms with van der Waals surface area (Å²) in [6, 6.07) is 63.4. The van der Waals surface area contributed by atoms with E-state index in [0.717, 1.165) is 0 Å². The van der Waals surface area contributed by atoms with Gasteiger partial charge in [-0.05, 0) is 106 Å². The first-order valence-electron chi connectivity index (χ1n) is 18.4. The molecule has 0 unspecified atom stereocenters. The minimum atomic E-state index is 1.20. The third-order valence-electron chi connectivity index (χ3n) is 11.6. The van der Waals surface area contributed by atoms with Gasteiger partial charge in [0.25, 0.3) is 0 Å². The van der Waals surface area contributed by atoms with E-state index in [1.165, 1.54) is 117 Å². The van der Waals surface area contributed by atoms with E-state index in [0.29, 0.717) is 0 Å². The lowest BCUT2D eigenvalue weighted by Crippen LogP contribution is -1.93. The Labute approximate surface area is 316 Å². The molecule has 0 N–H and O–H groups in total. The zero-order valence-electron chi connectivity index (χ0n) is 28.9. The third kappa shape index (κ3) is 3.93. The number of hydrogen-bond donors (Lipinski definition) is 0. The van der Waals surface area contributed by atoms with Gasteiger partial charge in [-0.3, -0.25) is 0 Å². The molecule has 4 aromatic heterocycles. The molecule has 54 heavy (non-hydrogen) atoms. The van der Waals surface area contributed by atoms with E-state index in [9.17, 15) is 0 Å². The molecule has 0 aliphatic rings. The molecular formula is C50H28N2S2. The van der Waals surface area contributed by atoms with Gasteiger partial charge in [-0.25, -0.2) is 0 Å². The van der Waals surface area contributed by atoms with E-state index >= 15 is 0 Å². The number of rotatable bonds is 2. The van der Waals surface area contributed by atoms with Crippen LogP contribution >= 0.6 is 22.7 Å². The first-order chi connectivity index (χ1) is 26.7. The Morgan fingerprint density at radius 3 is 1.02 bits per heavy atom. The molecule has 0 aliphatic carbocycles. The SMILES string of the molecule is c1ccc2c(c1)c1ccccc1n2-c1ccc2cc3c(cc2c1)sc1cc2sc4cc5cc(-n6c7ccccc7c7ccccc76)ccc5cc4c2cc13. The van der Waals surface area contributed by atoms with E-state index in [1.54, 1.807) is 0 Å². The highest BCUT2D eigenvalue weighted by Crippen LogP contribution is 2.44. The Hall–Kier alpha value is -6.46. The molecule has 0 radical (unpaired) electrons. The predicted octanol–water partition coefficient (Wildman–Crippen LogP) is 14.9. The minimum Gasteiger partial charge on any atom is -0.309 e. The van der Waals surface area contributed by atoms with Crippen LogP contribution in [0.4, 0.5) is 0 Å². The normalized spacial score (nSPS) is 12.4. The Kier molecular flexibility index (Phi) is 5.69. The summed E-state index contributed by atoms with van der Waals surface area (Å²) in [7, 11) is 0. The molecule has 0 fully saturated rings. The van der Waals surface area contributed by atoms with Crippen LogP contribution < -0.4 is 0 Å². The van der Waals surface area contributed by atoms with Gasteiger partial charge in [0, 0.05) is 73.3 Å². The van der Waals surface area contributed by atoms with Crippen molar-refractivity contribution in [2.75, 3.05) is 0 Å². The molecule has 0 aliphatic heterocycles. The van der Waals surface area contributed by atoms with Crippen molar-refractivity contribution >= 4 is 128 Å². The van der Waals surface area contributed by atoms with Gasteiger partial charge >= 0.3 is 0 Å². The van der Waals surface area contributed by atoms with Crippen LogP contribution in [-0.2, 0) is 0 Å². The van der Waals surface area contributed by atoms with Gasteiger partial charge in [-0.15, -0.1) is 22.7 Å². The Bertz CT molecular complexity index is 3390. The number of aromatic nitrogens is 2. The van der Waals surface area contributed by atoms with Crippen LogP contribution in [0.25, 0.3) is 117 Å². The standard InChI is InChI=1S/C50H28N2S2/c1-5-13-43-35(9-1)36-10-2-6-14-44(36)51(43)33-19-17-29-23-39-41-27-42-40-24-30-18-20-34(52-45-15-7-3-11-37(45)38-12-4-8-16-46(38)52)22-32(30)26-48(40)54-50(42)28-49(41)53-47(39)25-31(29)21-33/h1-28H. The van der Waals surface area contributed by atoms with Crippen molar-refractivity contribution in [2.24, 2.45) is 0 Å². The molecule has 0 amide bonds. The van der Waals surface area contributed by atoms with E-state index in [-0.39, 0.29) is 0 Å². The van der Waals surface area contributed by atoms with E-state index < -0.39 is 0 Å². The number of para-hydroxylation sites is 4. The van der Waals surface area contributed by atoms with Crippen LogP contribution in [0.3, 0.4) is 0 Å². The molecule has 13 aromatic rings. The van der Waals surface area contributed by atoms with Crippen molar-refractivity contribution in [2.45, 2.75) is 0 Å². The summed E-state index contributed by atoms with van der Waals surface area (Å²) in [5, 5.41) is 15.6. The maximum absolute atomic E-state index is 2.46. The van der Waals surface area contributed by atoms with Crippen LogP contribution in [0.1, 0.15) is 0 Å². The topological polar surface area (TPSA) is 9.86 Å². The predicted molar refractivity (Wildman–Crippen MR) is 236 cm³/mol. The second kappa shape index (κ2) is 10.6. The third-order valence-corrected chi connectivity index (χ3v) is 13.9. The van der Waals surface area contributed by atoms with Gasteiger partial charge in [-0.1, -0.05) is 84.9 Å². The number of fused-ring (bicyclic) bond motifs is 14. The largest absolute Gasteiger partial charge is 0.309 e. The van der Waals surface area contributed by atoms with Gasteiger partial charge in [0.1, 0.15) is 0 Å². The average Bonchev–Trinajstić information content (AvgIpc) is 3.95. The summed E-state index contributed by atoms with van der Waals surface area (Å²) in [4.78, 5) is 0. The highest BCUT2D eigenvalue weighted by atomic mass is 32.1. The van der Waals surface area contributed by atoms with Crippen LogP contribution in [0, 0.1) is 0 Å². The lowest BCUT2D eigenvalue weighted by atomic mass is 10.0. The number of thiophene rings is 2. The van der Waals surface area contributed by atoms with Crippen LogP contribution in [0.5, 0.6) is 0 Å². The average molecular weight is 721 g/mol. The van der Waals surface area contributed by atoms with Crippen LogP contribution in [0.2, 0.25) is 0 Å². The molecule has 0 bridgehead atoms. The van der Waals surface area contributed by atoms with Crippen LogP contribution in [0.15, 0.2) is 170 Å². The summed E-state index contributed by atoms with van der Waals surface area (Å²) < 4.78 is 10.2. The second-order valence-corrected chi connectivity index (χ2v) is 16.7. The maximum atomic E-state index is 2.46. The van der Waals surface area contributed by atoms with Crippen molar-refractivity contribution in [1.29, 1.82) is 0 Å². The first-order valence-corrected chi connectivity index (χ1v) is 20.0. The molecule has 0 atom stereocenters. The first kappa shape index (κ1) is 29.0. The van der Waals surface area contributed by atoms with Crippen molar-refractivity contribution < 1.29 is 0 Å². The van der Waals surface area contributed by atoms with Gasteiger partial charge in [0.2, 0.25) is 0 Å². The second-order valence-electron chi connectivity index (χ2n) is 14.5. The van der Waals surface area contributed by atoms with Gasteiger partial charge in [0.15, 0.2) is 0 Å². The number of nitrogens with zero attached hydrogens (tertiary/aromatic N) is 2. The zero-order chi connectivity index (χ0) is 35.1. The Morgan fingerprint density at radius 1 is 0.259 bits per heavy atom. The van der Waals surface area contributed by atoms with E-state index in [4.69, 9.17) is 0 Å². The van der Waals surface area contributed by atoms with Gasteiger partial charge in [-0.2, -0.15) is 0 Å². The summed E-state index contributed by atoms with van der Waals surface area (Å²) in [6.45, 7) is 0. The highest BCUT2D eigenvalue weighted by molar-refractivity contribution is 7.28. The Balaban J connectivity index is 0.954. The molecule has 2 nitrogen and oxygen atoms in total. The molecular weight excluding hydrogens is 693 g/mol. The quantitative estimate of drug-likeness (QED) is 0.168. The van der Waals surface area contributed by atoms with Crippen LogP contribution in [-0.4, -0.2) is 9.13 Å². The summed E-state index contributed by atoms with van der Waals surface area (Å²) in [6.07, 6.45) is 0.